The Morgan fingerprint density at radius 3 is 2.53 bits per heavy atom. The lowest BCUT2D eigenvalue weighted by Crippen LogP contribution is -2.39. The molecule has 1 fully saturated rings. The van der Waals surface area contributed by atoms with Crippen LogP contribution in [0, 0.1) is 0 Å². The molecule has 154 valence electrons. The number of fused-ring (bicyclic) bond motifs is 1. The first kappa shape index (κ1) is 19.8. The Labute approximate surface area is 174 Å². The van der Waals surface area contributed by atoms with Crippen LogP contribution in [0.4, 0.5) is 5.69 Å². The molecule has 0 bridgehead atoms. The summed E-state index contributed by atoms with van der Waals surface area (Å²) >= 11 is 0. The van der Waals surface area contributed by atoms with Gasteiger partial charge in [0, 0.05) is 19.2 Å². The Morgan fingerprint density at radius 2 is 1.83 bits per heavy atom. The van der Waals surface area contributed by atoms with Crippen molar-refractivity contribution in [1.29, 1.82) is 0 Å². The molecule has 2 aromatic carbocycles. The van der Waals surface area contributed by atoms with E-state index in [-0.39, 0.29) is 5.91 Å². The number of anilines is 1. The second-order valence-corrected chi connectivity index (χ2v) is 7.12. The number of benzene rings is 2. The lowest BCUT2D eigenvalue weighted by atomic mass is 10.1. The van der Waals surface area contributed by atoms with Gasteiger partial charge in [-0.05, 0) is 41.5 Å². The zero-order valence-corrected chi connectivity index (χ0v) is 16.7. The van der Waals surface area contributed by atoms with Crippen molar-refractivity contribution in [1.82, 2.24) is 4.90 Å². The van der Waals surface area contributed by atoms with Crippen LogP contribution in [-0.2, 0) is 20.9 Å². The summed E-state index contributed by atoms with van der Waals surface area (Å²) in [4.78, 5) is 40.5. The summed E-state index contributed by atoms with van der Waals surface area (Å²) in [5.41, 5.74) is 2.53. The van der Waals surface area contributed by atoms with Crippen LogP contribution in [0.5, 0.6) is 5.75 Å². The van der Waals surface area contributed by atoms with Crippen LogP contribution in [0.2, 0.25) is 0 Å². The third-order valence-corrected chi connectivity index (χ3v) is 5.24. The highest BCUT2D eigenvalue weighted by Gasteiger charge is 2.35. The second kappa shape index (κ2) is 8.51. The minimum atomic E-state index is -0.550. The van der Waals surface area contributed by atoms with Gasteiger partial charge in [-0.15, -0.1) is 0 Å². The van der Waals surface area contributed by atoms with Crippen LogP contribution >= 0.6 is 0 Å². The third-order valence-electron chi connectivity index (χ3n) is 5.24. The summed E-state index contributed by atoms with van der Waals surface area (Å²) in [5, 5.41) is 0. The van der Waals surface area contributed by atoms with E-state index >= 15 is 0 Å². The van der Waals surface area contributed by atoms with Crippen molar-refractivity contribution < 1.29 is 23.9 Å². The Balaban J connectivity index is 1.51. The zero-order chi connectivity index (χ0) is 21.1. The van der Waals surface area contributed by atoms with E-state index in [1.54, 1.807) is 36.3 Å². The van der Waals surface area contributed by atoms with Crippen LogP contribution < -0.4 is 9.64 Å². The van der Waals surface area contributed by atoms with E-state index in [9.17, 15) is 14.4 Å². The number of methoxy groups -OCH3 is 1. The molecule has 2 aliphatic rings. The number of amides is 2. The van der Waals surface area contributed by atoms with Crippen molar-refractivity contribution in [3.63, 3.8) is 0 Å². The fourth-order valence-corrected chi connectivity index (χ4v) is 3.55. The topological polar surface area (TPSA) is 76.2 Å². The minimum Gasteiger partial charge on any atom is -0.497 e. The molecule has 1 saturated heterocycles. The summed E-state index contributed by atoms with van der Waals surface area (Å²) in [6, 6.07) is 12.6. The van der Waals surface area contributed by atoms with E-state index in [0.29, 0.717) is 49.7 Å². The molecule has 7 heteroatoms. The molecule has 2 aromatic rings. The van der Waals surface area contributed by atoms with Gasteiger partial charge >= 0.3 is 0 Å². The molecule has 4 rings (SSSR count). The summed E-state index contributed by atoms with van der Waals surface area (Å²) < 4.78 is 10.4. The van der Waals surface area contributed by atoms with Gasteiger partial charge in [-0.1, -0.05) is 18.2 Å². The van der Waals surface area contributed by atoms with Crippen LogP contribution in [0.1, 0.15) is 21.5 Å². The third kappa shape index (κ3) is 3.97. The average molecular weight is 406 g/mol. The largest absolute Gasteiger partial charge is 0.497 e. The summed E-state index contributed by atoms with van der Waals surface area (Å²) in [6.07, 6.45) is 3.16. The zero-order valence-electron chi connectivity index (χ0n) is 16.7. The molecule has 2 heterocycles. The number of hydrogen-bond donors (Lipinski definition) is 0. The number of rotatable bonds is 5. The molecule has 0 atom stereocenters. The number of carbonyl (C=O) groups is 3. The van der Waals surface area contributed by atoms with E-state index in [1.807, 2.05) is 24.3 Å². The van der Waals surface area contributed by atoms with Crippen molar-refractivity contribution in [3.8, 4) is 5.75 Å². The van der Waals surface area contributed by atoms with Gasteiger partial charge in [0.1, 0.15) is 5.75 Å². The van der Waals surface area contributed by atoms with Crippen molar-refractivity contribution in [2.75, 3.05) is 38.3 Å². The molecule has 30 heavy (non-hydrogen) atoms. The number of morpholine rings is 1. The van der Waals surface area contributed by atoms with E-state index < -0.39 is 11.7 Å². The maximum absolute atomic E-state index is 12.5. The molecular formula is C23H22N2O5. The van der Waals surface area contributed by atoms with Gasteiger partial charge in [-0.3, -0.25) is 14.4 Å². The number of carbonyl (C=O) groups excluding carboxylic acids is 3. The van der Waals surface area contributed by atoms with Crippen LogP contribution in [0.15, 0.2) is 48.5 Å². The highest BCUT2D eigenvalue weighted by atomic mass is 16.5. The Hall–Kier alpha value is -3.45. The Bertz CT molecular complexity index is 1010. The van der Waals surface area contributed by atoms with Crippen molar-refractivity contribution in [3.05, 3.63) is 65.2 Å². The summed E-state index contributed by atoms with van der Waals surface area (Å²) in [5.74, 6) is -0.451. The van der Waals surface area contributed by atoms with Gasteiger partial charge in [0.15, 0.2) is 0 Å². The SMILES string of the molecule is COc1ccc(CN2C(=O)C(=O)c3cc(/C=C/C(=O)N4CCOCC4)ccc32)cc1. The molecule has 0 aliphatic carbocycles. The summed E-state index contributed by atoms with van der Waals surface area (Å²) in [7, 11) is 1.59. The van der Waals surface area contributed by atoms with Gasteiger partial charge in [0.25, 0.3) is 11.7 Å². The van der Waals surface area contributed by atoms with Crippen molar-refractivity contribution in [2.45, 2.75) is 6.54 Å². The van der Waals surface area contributed by atoms with Gasteiger partial charge in [0.2, 0.25) is 5.91 Å². The number of nitrogens with zero attached hydrogens (tertiary/aromatic N) is 2. The first-order valence-corrected chi connectivity index (χ1v) is 9.75. The smallest absolute Gasteiger partial charge is 0.299 e. The summed E-state index contributed by atoms with van der Waals surface area (Å²) in [6.45, 7) is 2.52. The normalized spacial score (nSPS) is 16.3. The number of ether oxygens (including phenoxy) is 2. The highest BCUT2D eigenvalue weighted by Crippen LogP contribution is 2.31. The predicted octanol–water partition coefficient (Wildman–Crippen LogP) is 2.30. The first-order chi connectivity index (χ1) is 14.6. The monoisotopic (exact) mass is 406 g/mol. The van der Waals surface area contributed by atoms with Gasteiger partial charge in [0.05, 0.1) is 38.1 Å². The first-order valence-electron chi connectivity index (χ1n) is 9.75. The standard InChI is InChI=1S/C23H22N2O5/c1-29-18-6-2-17(3-7-18)15-25-20-8-4-16(14-19(20)22(27)23(25)28)5-9-21(26)24-10-12-30-13-11-24/h2-9,14H,10-13,15H2,1H3/b9-5+. The predicted molar refractivity (Wildman–Crippen MR) is 111 cm³/mol. The maximum atomic E-state index is 12.5. The number of Topliss-reactive ketones (excluding diaryl/α,β-unsaturated/α-hetero) is 1. The number of ketones is 1. The lowest BCUT2D eigenvalue weighted by molar-refractivity contribution is -0.129. The van der Waals surface area contributed by atoms with Gasteiger partial charge < -0.3 is 19.3 Å². The minimum absolute atomic E-state index is 0.0951. The fourth-order valence-electron chi connectivity index (χ4n) is 3.55. The fraction of sp³-hybridized carbons (Fsp3) is 0.261. The molecule has 0 aromatic heterocycles. The quantitative estimate of drug-likeness (QED) is 0.563. The molecular weight excluding hydrogens is 384 g/mol. The van der Waals surface area contributed by atoms with Gasteiger partial charge in [-0.25, -0.2) is 0 Å². The molecule has 0 saturated carbocycles. The molecule has 0 N–H and O–H groups in total. The maximum Gasteiger partial charge on any atom is 0.299 e. The van der Waals surface area contributed by atoms with E-state index in [1.165, 1.54) is 11.0 Å². The van der Waals surface area contributed by atoms with Crippen molar-refractivity contribution in [2.24, 2.45) is 0 Å². The lowest BCUT2D eigenvalue weighted by Gasteiger charge is -2.25. The molecule has 2 aliphatic heterocycles. The van der Waals surface area contributed by atoms with E-state index in [2.05, 4.69) is 0 Å². The Morgan fingerprint density at radius 1 is 1.10 bits per heavy atom. The van der Waals surface area contributed by atoms with E-state index in [4.69, 9.17) is 9.47 Å². The van der Waals surface area contributed by atoms with Crippen LogP contribution in [0.25, 0.3) is 6.08 Å². The van der Waals surface area contributed by atoms with Crippen LogP contribution in [-0.4, -0.2) is 55.9 Å². The second-order valence-electron chi connectivity index (χ2n) is 7.12. The Kier molecular flexibility index (Phi) is 5.63. The highest BCUT2D eigenvalue weighted by molar-refractivity contribution is 6.52. The molecule has 0 radical (unpaired) electrons. The molecule has 2 amide bonds. The average Bonchev–Trinajstić information content (AvgIpc) is 3.03. The van der Waals surface area contributed by atoms with Gasteiger partial charge in [-0.2, -0.15) is 0 Å². The van der Waals surface area contributed by atoms with E-state index in [0.717, 1.165) is 11.3 Å². The molecule has 7 nitrogen and oxygen atoms in total. The number of hydrogen-bond acceptors (Lipinski definition) is 5. The van der Waals surface area contributed by atoms with Crippen molar-refractivity contribution >= 4 is 29.4 Å². The molecule has 0 unspecified atom stereocenters. The van der Waals surface area contributed by atoms with Crippen LogP contribution in [0.3, 0.4) is 0 Å². The molecule has 0 spiro atoms.